The second kappa shape index (κ2) is 14.5. The van der Waals surface area contributed by atoms with Crippen molar-refractivity contribution in [3.05, 3.63) is 71.8 Å². The number of nitrogens with zero attached hydrogens (tertiary/aromatic N) is 3. The van der Waals surface area contributed by atoms with Crippen LogP contribution >= 0.6 is 0 Å². The lowest BCUT2D eigenvalue weighted by Crippen LogP contribution is -2.47. The normalized spacial score (nSPS) is 23.0. The number of nitrogens with one attached hydrogen (secondary N) is 1. The average Bonchev–Trinajstić information content (AvgIpc) is 3.50. The molecule has 220 valence electrons. The number of hydrogen-bond donors (Lipinski definition) is 1. The van der Waals surface area contributed by atoms with Gasteiger partial charge in [0, 0.05) is 51.3 Å². The largest absolute Gasteiger partial charge is 0.497 e. The van der Waals surface area contributed by atoms with Crippen LogP contribution in [0.4, 0.5) is 0 Å². The highest BCUT2D eigenvalue weighted by atomic mass is 16.5. The third kappa shape index (κ3) is 8.33. The van der Waals surface area contributed by atoms with Gasteiger partial charge in [0.2, 0.25) is 11.8 Å². The van der Waals surface area contributed by atoms with Crippen molar-refractivity contribution in [1.82, 2.24) is 20.0 Å². The van der Waals surface area contributed by atoms with E-state index in [-0.39, 0.29) is 23.7 Å². The van der Waals surface area contributed by atoms with E-state index in [1.807, 2.05) is 35.2 Å². The number of hydrogen-bond acceptors (Lipinski definition) is 6. The predicted octanol–water partition coefficient (Wildman–Crippen LogP) is 3.71. The van der Waals surface area contributed by atoms with E-state index in [0.717, 1.165) is 48.7 Å². The summed E-state index contributed by atoms with van der Waals surface area (Å²) in [5.41, 5.74) is 2.18. The molecule has 3 heterocycles. The fourth-order valence-corrected chi connectivity index (χ4v) is 6.23. The SMILES string of the molecule is COc1ccc(CN2CC(=O)N3CC[C@@H](CC(=O)NCCN4CCCC4)[C@@H](/C=C\COc4ccccc4C2)C3)cc1. The van der Waals surface area contributed by atoms with Crippen molar-refractivity contribution in [2.24, 2.45) is 11.8 Å². The molecule has 8 nitrogen and oxygen atoms in total. The zero-order valence-corrected chi connectivity index (χ0v) is 24.3. The van der Waals surface area contributed by atoms with Gasteiger partial charge in [-0.15, -0.1) is 0 Å². The lowest BCUT2D eigenvalue weighted by atomic mass is 9.82. The number of carbonyl (C=O) groups is 2. The third-order valence-electron chi connectivity index (χ3n) is 8.56. The summed E-state index contributed by atoms with van der Waals surface area (Å²) in [6.45, 7) is 7.23. The van der Waals surface area contributed by atoms with Crippen LogP contribution in [0, 0.1) is 11.8 Å². The molecule has 0 spiro atoms. The Morgan fingerprint density at radius 3 is 2.63 bits per heavy atom. The molecule has 0 aliphatic carbocycles. The molecule has 2 aromatic carbocycles. The molecule has 0 radical (unpaired) electrons. The molecule has 2 saturated heterocycles. The fraction of sp³-hybridized carbons (Fsp3) is 0.515. The summed E-state index contributed by atoms with van der Waals surface area (Å²) in [4.78, 5) is 33.1. The number of benzene rings is 2. The fourth-order valence-electron chi connectivity index (χ4n) is 6.23. The predicted molar refractivity (Wildman–Crippen MR) is 160 cm³/mol. The van der Waals surface area contributed by atoms with Crippen LogP contribution in [0.2, 0.25) is 0 Å². The van der Waals surface area contributed by atoms with Gasteiger partial charge >= 0.3 is 0 Å². The van der Waals surface area contributed by atoms with Gasteiger partial charge in [-0.3, -0.25) is 14.5 Å². The molecule has 1 N–H and O–H groups in total. The summed E-state index contributed by atoms with van der Waals surface area (Å²) in [5.74, 6) is 2.21. The van der Waals surface area contributed by atoms with Crippen molar-refractivity contribution in [1.29, 1.82) is 0 Å². The molecule has 2 aromatic rings. The van der Waals surface area contributed by atoms with Crippen LogP contribution in [0.15, 0.2) is 60.7 Å². The molecule has 2 bridgehead atoms. The van der Waals surface area contributed by atoms with Gasteiger partial charge in [0.05, 0.1) is 13.7 Å². The molecule has 3 aliphatic heterocycles. The van der Waals surface area contributed by atoms with E-state index in [9.17, 15) is 9.59 Å². The molecule has 0 saturated carbocycles. The minimum atomic E-state index is 0.112. The van der Waals surface area contributed by atoms with Gasteiger partial charge in [0.25, 0.3) is 0 Å². The van der Waals surface area contributed by atoms with E-state index >= 15 is 0 Å². The number of rotatable bonds is 8. The van der Waals surface area contributed by atoms with E-state index in [2.05, 4.69) is 45.5 Å². The standard InChI is InChI=1S/C33H44N4O4/c1-40-30-12-10-26(11-13-30)22-36-23-29-7-2-3-9-31(29)41-20-6-8-28-24-37(33(39)25-36)18-14-27(28)21-32(38)34-15-19-35-16-4-5-17-35/h2-3,6-13,27-28H,4-5,14-25H2,1H3,(H,34,38)/b8-6-/t27-,28-/m0/s1. The first-order valence-corrected chi connectivity index (χ1v) is 15.1. The molecular formula is C33H44N4O4. The number of likely N-dealkylation sites (tertiary alicyclic amines) is 1. The van der Waals surface area contributed by atoms with E-state index in [1.165, 1.54) is 12.8 Å². The number of para-hydroxylation sites is 1. The Bertz CT molecular complexity index is 1180. The minimum Gasteiger partial charge on any atom is -0.497 e. The van der Waals surface area contributed by atoms with Gasteiger partial charge in [-0.1, -0.05) is 42.5 Å². The molecule has 2 atom stereocenters. The molecule has 0 aromatic heterocycles. The highest BCUT2D eigenvalue weighted by Crippen LogP contribution is 2.29. The Balaban J connectivity index is 1.27. The summed E-state index contributed by atoms with van der Waals surface area (Å²) in [6.07, 6.45) is 8.05. The Labute approximate surface area is 244 Å². The van der Waals surface area contributed by atoms with Crippen LogP contribution in [-0.4, -0.2) is 86.0 Å². The van der Waals surface area contributed by atoms with Gasteiger partial charge in [-0.05, 0) is 68.0 Å². The van der Waals surface area contributed by atoms with Crippen molar-refractivity contribution < 1.29 is 19.1 Å². The zero-order chi connectivity index (χ0) is 28.4. The molecule has 3 aliphatic rings. The summed E-state index contributed by atoms with van der Waals surface area (Å²) in [5, 5.41) is 3.14. The average molecular weight is 561 g/mol. The summed E-state index contributed by atoms with van der Waals surface area (Å²) < 4.78 is 11.5. The molecule has 0 unspecified atom stereocenters. The van der Waals surface area contributed by atoms with Gasteiger partial charge in [-0.25, -0.2) is 0 Å². The minimum absolute atomic E-state index is 0.112. The molecule has 41 heavy (non-hydrogen) atoms. The summed E-state index contributed by atoms with van der Waals surface area (Å²) >= 11 is 0. The van der Waals surface area contributed by atoms with E-state index in [4.69, 9.17) is 9.47 Å². The van der Waals surface area contributed by atoms with Crippen molar-refractivity contribution in [2.45, 2.75) is 38.8 Å². The summed E-state index contributed by atoms with van der Waals surface area (Å²) in [6, 6.07) is 16.1. The smallest absolute Gasteiger partial charge is 0.236 e. The maximum atomic E-state index is 13.7. The number of fused-ring (bicyclic) bond motifs is 3. The van der Waals surface area contributed by atoms with Crippen LogP contribution < -0.4 is 14.8 Å². The molecule has 5 rings (SSSR count). The number of ether oxygens (including phenoxy) is 2. The highest BCUT2D eigenvalue weighted by Gasteiger charge is 2.32. The Morgan fingerprint density at radius 1 is 1.02 bits per heavy atom. The quantitative estimate of drug-likeness (QED) is 0.497. The lowest BCUT2D eigenvalue weighted by Gasteiger charge is -2.38. The Hall–Kier alpha value is -3.36. The highest BCUT2D eigenvalue weighted by molar-refractivity contribution is 5.79. The number of amides is 2. The zero-order valence-electron chi connectivity index (χ0n) is 24.3. The second-order valence-corrected chi connectivity index (χ2v) is 11.5. The van der Waals surface area contributed by atoms with Gasteiger partial charge in [0.15, 0.2) is 0 Å². The number of methoxy groups -OCH3 is 1. The topological polar surface area (TPSA) is 74.4 Å². The van der Waals surface area contributed by atoms with Gasteiger partial charge in [-0.2, -0.15) is 0 Å². The van der Waals surface area contributed by atoms with E-state index in [1.54, 1.807) is 7.11 Å². The van der Waals surface area contributed by atoms with Crippen LogP contribution in [0.5, 0.6) is 11.5 Å². The first-order valence-electron chi connectivity index (χ1n) is 15.1. The van der Waals surface area contributed by atoms with Crippen molar-refractivity contribution in [2.75, 3.05) is 59.5 Å². The molecule has 2 amide bonds. The maximum absolute atomic E-state index is 13.7. The monoisotopic (exact) mass is 560 g/mol. The van der Waals surface area contributed by atoms with Crippen molar-refractivity contribution in [3.8, 4) is 11.5 Å². The third-order valence-corrected chi connectivity index (χ3v) is 8.56. The van der Waals surface area contributed by atoms with Crippen LogP contribution in [-0.2, 0) is 22.7 Å². The van der Waals surface area contributed by atoms with Crippen LogP contribution in [0.1, 0.15) is 36.8 Å². The number of carbonyl (C=O) groups excluding carboxylic acids is 2. The first-order chi connectivity index (χ1) is 20.1. The lowest BCUT2D eigenvalue weighted by molar-refractivity contribution is -0.135. The van der Waals surface area contributed by atoms with Gasteiger partial charge < -0.3 is 24.6 Å². The van der Waals surface area contributed by atoms with Crippen LogP contribution in [0.25, 0.3) is 0 Å². The van der Waals surface area contributed by atoms with Crippen LogP contribution in [0.3, 0.4) is 0 Å². The number of piperidine rings is 1. The molecular weight excluding hydrogens is 516 g/mol. The summed E-state index contributed by atoms with van der Waals surface area (Å²) in [7, 11) is 1.66. The van der Waals surface area contributed by atoms with Crippen molar-refractivity contribution in [3.63, 3.8) is 0 Å². The van der Waals surface area contributed by atoms with Crippen molar-refractivity contribution >= 4 is 11.8 Å². The maximum Gasteiger partial charge on any atom is 0.236 e. The second-order valence-electron chi connectivity index (χ2n) is 11.5. The van der Waals surface area contributed by atoms with E-state index in [0.29, 0.717) is 52.3 Å². The molecule has 2 fully saturated rings. The Morgan fingerprint density at radius 2 is 1.83 bits per heavy atom. The molecule has 8 heteroatoms. The van der Waals surface area contributed by atoms with E-state index < -0.39 is 0 Å². The van der Waals surface area contributed by atoms with Gasteiger partial charge in [0.1, 0.15) is 18.1 Å². The first kappa shape index (κ1) is 29.1. The Kier molecular flexibility index (Phi) is 10.3.